The molecular weight excluding hydrogens is 356 g/mol. The molecule has 3 aromatic rings. The molecule has 0 saturated heterocycles. The summed E-state index contributed by atoms with van der Waals surface area (Å²) in [6, 6.07) is 12.6. The van der Waals surface area contributed by atoms with Crippen LogP contribution in [0.25, 0.3) is 10.9 Å². The quantitative estimate of drug-likeness (QED) is 0.553. The van der Waals surface area contributed by atoms with Crippen molar-refractivity contribution in [2.24, 2.45) is 0 Å². The van der Waals surface area contributed by atoms with Crippen LogP contribution >= 0.6 is 11.6 Å². The summed E-state index contributed by atoms with van der Waals surface area (Å²) >= 11 is 6.28. The van der Waals surface area contributed by atoms with Gasteiger partial charge in [0.25, 0.3) is 5.91 Å². The van der Waals surface area contributed by atoms with E-state index in [9.17, 15) is 4.79 Å². The van der Waals surface area contributed by atoms with Gasteiger partial charge in [-0.05, 0) is 68.5 Å². The zero-order valence-electron chi connectivity index (χ0n) is 15.8. The Bertz CT molecular complexity index is 1080. The lowest BCUT2D eigenvalue weighted by molar-refractivity contribution is 0.0601. The number of benzene rings is 2. The van der Waals surface area contributed by atoms with Gasteiger partial charge in [-0.25, -0.2) is 0 Å². The lowest BCUT2D eigenvalue weighted by Gasteiger charge is -2.40. The Morgan fingerprint density at radius 1 is 1.11 bits per heavy atom. The highest BCUT2D eigenvalue weighted by Gasteiger charge is 2.37. The van der Waals surface area contributed by atoms with Gasteiger partial charge in [0, 0.05) is 40.3 Å². The molecule has 1 amide bonds. The Morgan fingerprint density at radius 3 is 2.78 bits per heavy atom. The van der Waals surface area contributed by atoms with E-state index in [1.165, 1.54) is 27.7 Å². The Balaban J connectivity index is 1.60. The van der Waals surface area contributed by atoms with E-state index in [-0.39, 0.29) is 11.9 Å². The number of rotatable bonds is 1. The first-order chi connectivity index (χ1) is 13.0. The van der Waals surface area contributed by atoms with Crippen molar-refractivity contribution in [1.29, 1.82) is 0 Å². The highest BCUT2D eigenvalue weighted by atomic mass is 35.5. The predicted octanol–water partition coefficient (Wildman–Crippen LogP) is 5.44. The van der Waals surface area contributed by atoms with Crippen LogP contribution in [0.3, 0.4) is 0 Å². The summed E-state index contributed by atoms with van der Waals surface area (Å²) < 4.78 is 2.46. The summed E-state index contributed by atoms with van der Waals surface area (Å²) in [6.07, 6.45) is 3.27. The van der Waals surface area contributed by atoms with Crippen molar-refractivity contribution in [3.05, 3.63) is 69.4 Å². The summed E-state index contributed by atoms with van der Waals surface area (Å²) in [6.45, 7) is 5.72. The van der Waals surface area contributed by atoms with Gasteiger partial charge in [0.05, 0.1) is 6.04 Å². The minimum atomic E-state index is 0.0995. The molecule has 4 heteroatoms. The second-order valence-electron chi connectivity index (χ2n) is 7.91. The number of hydrogen-bond donors (Lipinski definition) is 0. The molecule has 2 aliphatic rings. The molecule has 1 aliphatic heterocycles. The fourth-order valence-electron chi connectivity index (χ4n) is 4.85. The van der Waals surface area contributed by atoms with E-state index in [1.54, 1.807) is 0 Å². The second-order valence-corrected chi connectivity index (χ2v) is 8.31. The number of carbonyl (C=O) groups excluding carboxylic acids is 1. The van der Waals surface area contributed by atoms with E-state index in [4.69, 9.17) is 11.6 Å². The maximum atomic E-state index is 13.3. The van der Waals surface area contributed by atoms with Crippen molar-refractivity contribution in [3.8, 4) is 0 Å². The molecule has 1 unspecified atom stereocenters. The van der Waals surface area contributed by atoms with E-state index in [0.717, 1.165) is 37.9 Å². The van der Waals surface area contributed by atoms with Gasteiger partial charge in [0.1, 0.15) is 0 Å². The van der Waals surface area contributed by atoms with Gasteiger partial charge in [-0.2, -0.15) is 0 Å². The van der Waals surface area contributed by atoms with Gasteiger partial charge in [-0.15, -0.1) is 0 Å². The molecule has 0 radical (unpaired) electrons. The maximum absolute atomic E-state index is 13.3. The highest BCUT2D eigenvalue weighted by Crippen LogP contribution is 2.43. The van der Waals surface area contributed by atoms with Crippen molar-refractivity contribution in [2.45, 2.75) is 45.7 Å². The Morgan fingerprint density at radius 2 is 1.96 bits per heavy atom. The molecule has 0 N–H and O–H groups in total. The highest BCUT2D eigenvalue weighted by molar-refractivity contribution is 6.31. The molecule has 1 aromatic heterocycles. The molecule has 2 heterocycles. The van der Waals surface area contributed by atoms with Gasteiger partial charge in [0.2, 0.25) is 0 Å². The summed E-state index contributed by atoms with van der Waals surface area (Å²) in [5, 5.41) is 2.04. The number of carbonyl (C=O) groups is 1. The van der Waals surface area contributed by atoms with Crippen LogP contribution in [0.4, 0.5) is 0 Å². The fourth-order valence-corrected chi connectivity index (χ4v) is 5.03. The lowest BCUT2D eigenvalue weighted by atomic mass is 9.89. The first kappa shape index (κ1) is 16.9. The van der Waals surface area contributed by atoms with Crippen LogP contribution < -0.4 is 0 Å². The molecule has 5 rings (SSSR count). The molecule has 27 heavy (non-hydrogen) atoms. The van der Waals surface area contributed by atoms with Gasteiger partial charge in [0.15, 0.2) is 0 Å². The third kappa shape index (κ3) is 2.52. The molecule has 0 fully saturated rings. The van der Waals surface area contributed by atoms with Crippen LogP contribution in [0.2, 0.25) is 5.02 Å². The first-order valence-electron chi connectivity index (χ1n) is 9.73. The van der Waals surface area contributed by atoms with E-state index < -0.39 is 0 Å². The SMILES string of the molecule is Cc1ccc2c(c1)c1c3n2CCN(C(=O)c2ccc(C)c(Cl)c2)C3CCC1. The van der Waals surface area contributed by atoms with Crippen LogP contribution in [-0.4, -0.2) is 21.9 Å². The normalized spacial score (nSPS) is 18.6. The smallest absolute Gasteiger partial charge is 0.254 e. The van der Waals surface area contributed by atoms with E-state index in [1.807, 2.05) is 25.1 Å². The van der Waals surface area contributed by atoms with Crippen molar-refractivity contribution in [1.82, 2.24) is 9.47 Å². The van der Waals surface area contributed by atoms with Gasteiger partial charge < -0.3 is 9.47 Å². The molecule has 0 spiro atoms. The zero-order valence-corrected chi connectivity index (χ0v) is 16.5. The number of fused-ring (bicyclic) bond motifs is 3. The maximum Gasteiger partial charge on any atom is 0.254 e. The number of amides is 1. The van der Waals surface area contributed by atoms with Crippen molar-refractivity contribution in [3.63, 3.8) is 0 Å². The summed E-state index contributed by atoms with van der Waals surface area (Å²) in [5.41, 5.74) is 7.12. The minimum Gasteiger partial charge on any atom is -0.341 e. The monoisotopic (exact) mass is 378 g/mol. The third-order valence-corrected chi connectivity index (χ3v) is 6.62. The Labute approximate surface area is 164 Å². The summed E-state index contributed by atoms with van der Waals surface area (Å²) in [5.74, 6) is 0.0995. The molecule has 1 aliphatic carbocycles. The number of aryl methyl sites for hydroxylation is 3. The molecule has 0 saturated carbocycles. The van der Waals surface area contributed by atoms with Crippen molar-refractivity contribution >= 4 is 28.4 Å². The van der Waals surface area contributed by atoms with Gasteiger partial charge in [-0.1, -0.05) is 29.3 Å². The number of halogens is 1. The van der Waals surface area contributed by atoms with Crippen LogP contribution in [0.1, 0.15) is 51.6 Å². The second kappa shape index (κ2) is 6.13. The van der Waals surface area contributed by atoms with Crippen LogP contribution in [0.15, 0.2) is 36.4 Å². The fraction of sp³-hybridized carbons (Fsp3) is 0.348. The number of nitrogens with zero attached hydrogens (tertiary/aromatic N) is 2. The van der Waals surface area contributed by atoms with Gasteiger partial charge >= 0.3 is 0 Å². The average molecular weight is 379 g/mol. The molecule has 2 aromatic carbocycles. The van der Waals surface area contributed by atoms with Crippen LogP contribution in [0, 0.1) is 13.8 Å². The zero-order chi connectivity index (χ0) is 18.7. The number of aromatic nitrogens is 1. The Kier molecular flexibility index (Phi) is 3.83. The average Bonchev–Trinajstić information content (AvgIpc) is 2.99. The minimum absolute atomic E-state index is 0.0995. The van der Waals surface area contributed by atoms with E-state index in [0.29, 0.717) is 10.6 Å². The van der Waals surface area contributed by atoms with Gasteiger partial charge in [-0.3, -0.25) is 4.79 Å². The first-order valence-corrected chi connectivity index (χ1v) is 10.1. The molecule has 1 atom stereocenters. The van der Waals surface area contributed by atoms with E-state index in [2.05, 4.69) is 34.6 Å². The summed E-state index contributed by atoms with van der Waals surface area (Å²) in [4.78, 5) is 15.4. The predicted molar refractivity (Wildman–Crippen MR) is 110 cm³/mol. The molecule has 138 valence electrons. The van der Waals surface area contributed by atoms with E-state index >= 15 is 0 Å². The van der Waals surface area contributed by atoms with Crippen LogP contribution in [0.5, 0.6) is 0 Å². The van der Waals surface area contributed by atoms with Crippen molar-refractivity contribution < 1.29 is 4.79 Å². The van der Waals surface area contributed by atoms with Crippen LogP contribution in [-0.2, 0) is 13.0 Å². The topological polar surface area (TPSA) is 25.2 Å². The molecule has 3 nitrogen and oxygen atoms in total. The largest absolute Gasteiger partial charge is 0.341 e. The molecular formula is C23H23ClN2O. The third-order valence-electron chi connectivity index (χ3n) is 6.21. The number of hydrogen-bond acceptors (Lipinski definition) is 1. The molecule has 0 bridgehead atoms. The Hall–Kier alpha value is -2.26. The lowest BCUT2D eigenvalue weighted by Crippen LogP contribution is -2.43. The van der Waals surface area contributed by atoms with Crippen molar-refractivity contribution in [2.75, 3.05) is 6.54 Å². The standard InChI is InChI=1S/C23H23ClN2O/c1-14-6-9-20-18(12-14)17-4-3-5-21-22(17)25(20)10-11-26(21)23(27)16-8-7-15(2)19(24)13-16/h6-9,12-13,21H,3-5,10-11H2,1-2H3. The summed E-state index contributed by atoms with van der Waals surface area (Å²) in [7, 11) is 0.